The molecule has 0 radical (unpaired) electrons. The highest BCUT2D eigenvalue weighted by Gasteiger charge is 2.36. The maximum atomic E-state index is 13.4. The Morgan fingerprint density at radius 3 is 2.49 bits per heavy atom. The minimum atomic E-state index is -0.663. The Bertz CT molecular complexity index is 1200. The Kier molecular flexibility index (Phi) is 7.35. The largest absolute Gasteiger partial charge is 0.390 e. The molecule has 10 heteroatoms. The van der Waals surface area contributed by atoms with Gasteiger partial charge in [0.2, 0.25) is 11.7 Å². The number of aliphatic hydroxyl groups is 1. The number of carbonyl (C=O) groups is 2. The number of rotatable bonds is 4. The second-order valence-corrected chi connectivity index (χ2v) is 10.2. The minimum absolute atomic E-state index is 0.00410. The van der Waals surface area contributed by atoms with E-state index in [0.29, 0.717) is 31.9 Å². The van der Waals surface area contributed by atoms with Crippen LogP contribution in [-0.4, -0.2) is 92.5 Å². The lowest BCUT2D eigenvalue weighted by molar-refractivity contribution is -0.129. The summed E-state index contributed by atoms with van der Waals surface area (Å²) < 4.78 is 0. The predicted octanol–water partition coefficient (Wildman–Crippen LogP) is 1.40. The Morgan fingerprint density at radius 2 is 1.78 bits per heavy atom. The lowest BCUT2D eigenvalue weighted by Gasteiger charge is -2.43. The summed E-state index contributed by atoms with van der Waals surface area (Å²) in [6.07, 6.45) is 2.49. The van der Waals surface area contributed by atoms with Crippen LogP contribution in [0.25, 0.3) is 0 Å². The summed E-state index contributed by atoms with van der Waals surface area (Å²) in [5, 5.41) is 23.8. The zero-order valence-electron chi connectivity index (χ0n) is 21.1. The molecule has 1 aromatic heterocycles. The third-order valence-electron chi connectivity index (χ3n) is 7.80. The van der Waals surface area contributed by atoms with E-state index in [1.54, 1.807) is 17.9 Å². The van der Waals surface area contributed by atoms with Crippen molar-refractivity contribution in [1.82, 2.24) is 24.7 Å². The van der Waals surface area contributed by atoms with E-state index < -0.39 is 6.10 Å². The number of piperidine rings is 2. The van der Waals surface area contributed by atoms with Crippen molar-refractivity contribution in [3.63, 3.8) is 0 Å². The SMILES string of the molecule is CC(=O)N1CCC(Nc2cc(C(=O)N3CC[C@@H](N4CCc5ccccc5C4)[C@H](O)C3)nc(C#N)n2)CC1. The van der Waals surface area contributed by atoms with Crippen molar-refractivity contribution in [3.05, 3.63) is 53.0 Å². The number of nitrogens with one attached hydrogen (secondary N) is 1. The normalized spacial score (nSPS) is 22.7. The number of β-amino-alcohol motifs (C(OH)–C–C–N with tert-alkyl or cyclic N) is 1. The molecule has 0 aliphatic carbocycles. The van der Waals surface area contributed by atoms with Crippen molar-refractivity contribution < 1.29 is 14.7 Å². The van der Waals surface area contributed by atoms with Crippen LogP contribution < -0.4 is 5.32 Å². The molecule has 5 rings (SSSR count). The molecule has 4 heterocycles. The van der Waals surface area contributed by atoms with E-state index in [1.165, 1.54) is 11.1 Å². The molecule has 3 aliphatic heterocycles. The van der Waals surface area contributed by atoms with Crippen LogP contribution in [0.1, 0.15) is 53.6 Å². The van der Waals surface area contributed by atoms with E-state index >= 15 is 0 Å². The number of anilines is 1. The minimum Gasteiger partial charge on any atom is -0.390 e. The third-order valence-corrected chi connectivity index (χ3v) is 7.80. The van der Waals surface area contributed by atoms with E-state index in [9.17, 15) is 20.0 Å². The summed E-state index contributed by atoms with van der Waals surface area (Å²) in [6.45, 7) is 5.32. The molecule has 194 valence electrons. The lowest BCUT2D eigenvalue weighted by Crippen LogP contribution is -2.56. The molecule has 10 nitrogen and oxygen atoms in total. The molecule has 37 heavy (non-hydrogen) atoms. The number of hydrogen-bond acceptors (Lipinski definition) is 8. The molecule has 2 amide bonds. The van der Waals surface area contributed by atoms with Gasteiger partial charge in [-0.1, -0.05) is 24.3 Å². The maximum Gasteiger partial charge on any atom is 0.272 e. The molecule has 2 N–H and O–H groups in total. The first-order valence-electron chi connectivity index (χ1n) is 13.0. The zero-order valence-corrected chi connectivity index (χ0v) is 21.1. The molecule has 0 spiro atoms. The first-order valence-corrected chi connectivity index (χ1v) is 13.0. The van der Waals surface area contributed by atoms with Gasteiger partial charge in [-0.3, -0.25) is 14.5 Å². The van der Waals surface area contributed by atoms with Gasteiger partial charge in [0.05, 0.1) is 6.10 Å². The Balaban J connectivity index is 1.22. The Labute approximate surface area is 216 Å². The highest BCUT2D eigenvalue weighted by atomic mass is 16.3. The quantitative estimate of drug-likeness (QED) is 0.642. The molecule has 2 aromatic rings. The predicted molar refractivity (Wildman–Crippen MR) is 137 cm³/mol. The molecule has 2 atom stereocenters. The zero-order chi connectivity index (χ0) is 25.9. The fourth-order valence-corrected chi connectivity index (χ4v) is 5.72. The Hall–Kier alpha value is -3.55. The molecular weight excluding hydrogens is 470 g/mol. The second-order valence-electron chi connectivity index (χ2n) is 10.2. The smallest absolute Gasteiger partial charge is 0.272 e. The van der Waals surface area contributed by atoms with Gasteiger partial charge in [-0.05, 0) is 36.8 Å². The van der Waals surface area contributed by atoms with Crippen LogP contribution in [0.2, 0.25) is 0 Å². The van der Waals surface area contributed by atoms with Crippen LogP contribution >= 0.6 is 0 Å². The second kappa shape index (κ2) is 10.8. The van der Waals surface area contributed by atoms with Crippen molar-refractivity contribution in [1.29, 1.82) is 5.26 Å². The van der Waals surface area contributed by atoms with Crippen LogP contribution in [0, 0.1) is 11.3 Å². The summed E-state index contributed by atoms with van der Waals surface area (Å²) in [4.78, 5) is 39.1. The number of nitrogens with zero attached hydrogens (tertiary/aromatic N) is 6. The van der Waals surface area contributed by atoms with Crippen LogP contribution in [0.4, 0.5) is 5.82 Å². The van der Waals surface area contributed by atoms with E-state index in [1.807, 2.05) is 11.0 Å². The van der Waals surface area contributed by atoms with Crippen molar-refractivity contribution in [2.75, 3.05) is 38.0 Å². The van der Waals surface area contributed by atoms with E-state index in [4.69, 9.17) is 0 Å². The number of amides is 2. The average Bonchev–Trinajstić information content (AvgIpc) is 2.92. The molecule has 0 unspecified atom stereocenters. The van der Waals surface area contributed by atoms with Gasteiger partial charge in [0.15, 0.2) is 0 Å². The lowest BCUT2D eigenvalue weighted by atomic mass is 9.94. The summed E-state index contributed by atoms with van der Waals surface area (Å²) in [7, 11) is 0. The molecule has 0 saturated carbocycles. The topological polar surface area (TPSA) is 126 Å². The van der Waals surface area contributed by atoms with Crippen LogP contribution in [0.5, 0.6) is 0 Å². The maximum absolute atomic E-state index is 13.4. The van der Waals surface area contributed by atoms with Crippen molar-refractivity contribution in [3.8, 4) is 6.07 Å². The summed E-state index contributed by atoms with van der Waals surface area (Å²) in [6, 6.07) is 12.0. The van der Waals surface area contributed by atoms with Gasteiger partial charge in [0.25, 0.3) is 5.91 Å². The molecule has 0 bridgehead atoms. The first kappa shape index (κ1) is 25.1. The first-order chi connectivity index (χ1) is 17.9. The molecule has 2 saturated heterocycles. The Morgan fingerprint density at radius 1 is 1.05 bits per heavy atom. The summed E-state index contributed by atoms with van der Waals surface area (Å²) >= 11 is 0. The highest BCUT2D eigenvalue weighted by Crippen LogP contribution is 2.26. The van der Waals surface area contributed by atoms with Gasteiger partial charge in [-0.2, -0.15) is 5.26 Å². The van der Waals surface area contributed by atoms with Crippen molar-refractivity contribution >= 4 is 17.6 Å². The fourth-order valence-electron chi connectivity index (χ4n) is 5.72. The molecule has 3 aliphatic rings. The fraction of sp³-hybridized carbons (Fsp3) is 0.519. The number of aromatic nitrogens is 2. The third kappa shape index (κ3) is 5.58. The summed E-state index contributed by atoms with van der Waals surface area (Å²) in [5.74, 6) is 0.113. The van der Waals surface area contributed by atoms with E-state index in [0.717, 1.165) is 32.4 Å². The number of fused-ring (bicyclic) bond motifs is 1. The van der Waals surface area contributed by atoms with Gasteiger partial charge in [-0.25, -0.2) is 9.97 Å². The van der Waals surface area contributed by atoms with Gasteiger partial charge in [0, 0.05) is 64.3 Å². The number of carbonyl (C=O) groups excluding carboxylic acids is 2. The standard InChI is InChI=1S/C27H33N7O3/c1-18(35)32-11-7-21(8-12-32)29-25-14-22(30-26(15-28)31-25)27(37)34-13-9-23(24(36)17-34)33-10-6-19-4-2-3-5-20(19)16-33/h2-5,14,21,23-24,36H,6-13,16-17H2,1H3,(H,29,30,31)/t23-,24-/m1/s1. The van der Waals surface area contributed by atoms with Crippen LogP contribution in [0.15, 0.2) is 30.3 Å². The van der Waals surface area contributed by atoms with Gasteiger partial charge < -0.3 is 20.2 Å². The number of hydrogen-bond donors (Lipinski definition) is 2. The molecular formula is C27H33N7O3. The average molecular weight is 504 g/mol. The van der Waals surface area contributed by atoms with Crippen molar-refractivity contribution in [2.45, 2.75) is 57.3 Å². The van der Waals surface area contributed by atoms with Crippen molar-refractivity contribution in [2.24, 2.45) is 0 Å². The van der Waals surface area contributed by atoms with Gasteiger partial charge in [-0.15, -0.1) is 0 Å². The molecule has 1 aromatic carbocycles. The van der Waals surface area contributed by atoms with E-state index in [2.05, 4.69) is 44.5 Å². The molecule has 2 fully saturated rings. The van der Waals surface area contributed by atoms with Gasteiger partial charge in [0.1, 0.15) is 17.6 Å². The number of nitriles is 1. The van der Waals surface area contributed by atoms with E-state index in [-0.39, 0.29) is 42.0 Å². The summed E-state index contributed by atoms with van der Waals surface area (Å²) in [5.41, 5.74) is 2.82. The highest BCUT2D eigenvalue weighted by molar-refractivity contribution is 5.93. The van der Waals surface area contributed by atoms with Gasteiger partial charge >= 0.3 is 0 Å². The number of benzene rings is 1. The number of likely N-dealkylation sites (tertiary alicyclic amines) is 2. The van der Waals surface area contributed by atoms with Crippen LogP contribution in [-0.2, 0) is 17.8 Å². The monoisotopic (exact) mass is 503 g/mol. The number of aliphatic hydroxyl groups excluding tert-OH is 1. The van der Waals surface area contributed by atoms with Crippen LogP contribution in [0.3, 0.4) is 0 Å².